The number of rotatable bonds is 6. The molecule has 162 valence electrons. The van der Waals surface area contributed by atoms with E-state index >= 15 is 0 Å². The van der Waals surface area contributed by atoms with E-state index in [0.717, 1.165) is 32.6 Å². The van der Waals surface area contributed by atoms with Gasteiger partial charge < -0.3 is 20.1 Å². The summed E-state index contributed by atoms with van der Waals surface area (Å²) in [5.41, 5.74) is 0.853. The van der Waals surface area contributed by atoms with Gasteiger partial charge in [0.15, 0.2) is 0 Å². The fourth-order valence-corrected chi connectivity index (χ4v) is 4.45. The molecule has 0 amide bonds. The maximum Gasteiger partial charge on any atom is 0.573 e. The Labute approximate surface area is 174 Å². The van der Waals surface area contributed by atoms with Gasteiger partial charge in [0.25, 0.3) is 0 Å². The number of hydrogen-bond donors (Lipinski definition) is 2. The SMILES string of the molecule is OC1(C(CN2CCNCC2)c2ccc(-c3ccccc3)c(OC(F)(F)F)c2)CCC1. The summed E-state index contributed by atoms with van der Waals surface area (Å²) < 4.78 is 43.9. The third-order valence-corrected chi connectivity index (χ3v) is 6.24. The highest BCUT2D eigenvalue weighted by Crippen LogP contribution is 2.46. The number of ether oxygens (including phenoxy) is 1. The molecule has 0 bridgehead atoms. The van der Waals surface area contributed by atoms with Crippen molar-refractivity contribution in [3.05, 3.63) is 54.1 Å². The predicted octanol–water partition coefficient (Wildman–Crippen LogP) is 4.16. The lowest BCUT2D eigenvalue weighted by molar-refractivity contribution is -0.274. The first-order valence-electron chi connectivity index (χ1n) is 10.4. The molecular weight excluding hydrogens is 393 g/mol. The summed E-state index contributed by atoms with van der Waals surface area (Å²) in [6.45, 7) is 4.09. The number of benzene rings is 2. The van der Waals surface area contributed by atoms with Crippen molar-refractivity contribution in [3.63, 3.8) is 0 Å². The summed E-state index contributed by atoms with van der Waals surface area (Å²) in [4.78, 5) is 2.27. The monoisotopic (exact) mass is 420 g/mol. The maximum atomic E-state index is 13.2. The minimum Gasteiger partial charge on any atom is -0.405 e. The number of piperazine rings is 1. The van der Waals surface area contributed by atoms with Crippen LogP contribution in [-0.2, 0) is 0 Å². The van der Waals surface area contributed by atoms with E-state index in [4.69, 9.17) is 0 Å². The molecule has 1 unspecified atom stereocenters. The molecule has 2 fully saturated rings. The molecule has 0 radical (unpaired) electrons. The largest absolute Gasteiger partial charge is 0.573 e. The summed E-state index contributed by atoms with van der Waals surface area (Å²) >= 11 is 0. The molecule has 0 spiro atoms. The van der Waals surface area contributed by atoms with Crippen molar-refractivity contribution in [2.75, 3.05) is 32.7 Å². The Morgan fingerprint density at radius 1 is 1.07 bits per heavy atom. The lowest BCUT2D eigenvalue weighted by Crippen LogP contribution is -2.51. The molecule has 4 rings (SSSR count). The number of nitrogens with zero attached hydrogens (tertiary/aromatic N) is 1. The molecular formula is C23H27F3N2O2. The van der Waals surface area contributed by atoms with Crippen LogP contribution in [0.15, 0.2) is 48.5 Å². The van der Waals surface area contributed by atoms with E-state index in [9.17, 15) is 18.3 Å². The Morgan fingerprint density at radius 2 is 1.77 bits per heavy atom. The molecule has 1 aliphatic heterocycles. The molecule has 30 heavy (non-hydrogen) atoms. The van der Waals surface area contributed by atoms with Gasteiger partial charge in [-0.3, -0.25) is 0 Å². The van der Waals surface area contributed by atoms with Crippen molar-refractivity contribution in [2.24, 2.45) is 0 Å². The Hall–Kier alpha value is -2.09. The van der Waals surface area contributed by atoms with Gasteiger partial charge in [-0.15, -0.1) is 13.2 Å². The Kier molecular flexibility index (Phi) is 6.04. The number of halogens is 3. The van der Waals surface area contributed by atoms with E-state index in [0.29, 0.717) is 36.1 Å². The first-order valence-corrected chi connectivity index (χ1v) is 10.4. The normalized spacial score (nSPS) is 20.4. The van der Waals surface area contributed by atoms with Gasteiger partial charge in [0.05, 0.1) is 5.60 Å². The van der Waals surface area contributed by atoms with Gasteiger partial charge >= 0.3 is 6.36 Å². The third kappa shape index (κ3) is 4.79. The van der Waals surface area contributed by atoms with Crippen molar-refractivity contribution in [1.82, 2.24) is 10.2 Å². The van der Waals surface area contributed by atoms with Crippen molar-refractivity contribution in [2.45, 2.75) is 37.1 Å². The molecule has 4 nitrogen and oxygen atoms in total. The standard InChI is InChI=1S/C23H27F3N2O2/c24-23(25,26)30-21-15-18(7-8-19(21)17-5-2-1-3-6-17)20(22(29)9-4-10-22)16-28-13-11-27-12-14-28/h1-3,5-8,15,20,27,29H,4,9-14,16H2. The zero-order valence-electron chi connectivity index (χ0n) is 16.8. The first-order chi connectivity index (χ1) is 14.3. The first kappa shape index (κ1) is 21.2. The van der Waals surface area contributed by atoms with E-state index in [-0.39, 0.29) is 11.7 Å². The van der Waals surface area contributed by atoms with Crippen LogP contribution in [0.5, 0.6) is 5.75 Å². The lowest BCUT2D eigenvalue weighted by Gasteiger charge is -2.46. The molecule has 2 aliphatic rings. The van der Waals surface area contributed by atoms with Gasteiger partial charge in [-0.2, -0.15) is 0 Å². The molecule has 0 aromatic heterocycles. The van der Waals surface area contributed by atoms with Crippen LogP contribution in [0.3, 0.4) is 0 Å². The van der Waals surface area contributed by atoms with Crippen LogP contribution in [0.1, 0.15) is 30.7 Å². The summed E-state index contributed by atoms with van der Waals surface area (Å²) in [5.74, 6) is -0.482. The van der Waals surface area contributed by atoms with Crippen molar-refractivity contribution in [1.29, 1.82) is 0 Å². The summed E-state index contributed by atoms with van der Waals surface area (Å²) in [5, 5.41) is 14.5. The molecule has 2 N–H and O–H groups in total. The van der Waals surface area contributed by atoms with Crippen LogP contribution in [-0.4, -0.2) is 54.7 Å². The highest BCUT2D eigenvalue weighted by atomic mass is 19.4. The minimum atomic E-state index is -4.79. The van der Waals surface area contributed by atoms with Gasteiger partial charge in [-0.05, 0) is 36.5 Å². The highest BCUT2D eigenvalue weighted by Gasteiger charge is 2.44. The number of nitrogens with one attached hydrogen (secondary N) is 1. The molecule has 7 heteroatoms. The minimum absolute atomic E-state index is 0.223. The van der Waals surface area contributed by atoms with E-state index in [1.54, 1.807) is 30.3 Å². The van der Waals surface area contributed by atoms with Crippen molar-refractivity contribution >= 4 is 0 Å². The van der Waals surface area contributed by atoms with Gasteiger partial charge in [-0.25, -0.2) is 0 Å². The molecule has 1 atom stereocenters. The second-order valence-corrected chi connectivity index (χ2v) is 8.23. The number of alkyl halides is 3. The molecule has 2 aromatic carbocycles. The molecule has 2 aromatic rings. The van der Waals surface area contributed by atoms with E-state index in [1.807, 2.05) is 12.1 Å². The summed E-state index contributed by atoms with van der Waals surface area (Å²) in [7, 11) is 0. The zero-order chi connectivity index (χ0) is 21.2. The predicted molar refractivity (Wildman–Crippen MR) is 109 cm³/mol. The summed E-state index contributed by atoms with van der Waals surface area (Å²) in [6.07, 6.45) is -2.52. The van der Waals surface area contributed by atoms with Gasteiger partial charge in [-0.1, -0.05) is 42.5 Å². The summed E-state index contributed by atoms with van der Waals surface area (Å²) in [6, 6.07) is 13.9. The van der Waals surface area contributed by atoms with Crippen LogP contribution >= 0.6 is 0 Å². The van der Waals surface area contributed by atoms with Crippen LogP contribution in [0.2, 0.25) is 0 Å². The molecule has 1 heterocycles. The molecule has 1 aliphatic carbocycles. The van der Waals surface area contributed by atoms with Crippen LogP contribution in [0.25, 0.3) is 11.1 Å². The van der Waals surface area contributed by atoms with Gasteiger partial charge in [0.2, 0.25) is 0 Å². The second-order valence-electron chi connectivity index (χ2n) is 8.23. The second kappa shape index (κ2) is 8.57. The Balaban J connectivity index is 1.70. The van der Waals surface area contributed by atoms with Gasteiger partial charge in [0, 0.05) is 44.2 Å². The Morgan fingerprint density at radius 3 is 2.37 bits per heavy atom. The van der Waals surface area contributed by atoms with E-state index in [1.165, 1.54) is 6.07 Å². The smallest absolute Gasteiger partial charge is 0.405 e. The average molecular weight is 420 g/mol. The third-order valence-electron chi connectivity index (χ3n) is 6.24. The quantitative estimate of drug-likeness (QED) is 0.737. The number of hydrogen-bond acceptors (Lipinski definition) is 4. The molecule has 1 saturated carbocycles. The number of aliphatic hydroxyl groups is 1. The van der Waals surface area contributed by atoms with E-state index in [2.05, 4.69) is 15.0 Å². The maximum absolute atomic E-state index is 13.2. The average Bonchev–Trinajstić information content (AvgIpc) is 2.70. The van der Waals surface area contributed by atoms with Crippen LogP contribution < -0.4 is 10.1 Å². The van der Waals surface area contributed by atoms with E-state index < -0.39 is 12.0 Å². The zero-order valence-corrected chi connectivity index (χ0v) is 16.8. The van der Waals surface area contributed by atoms with Crippen molar-refractivity contribution in [3.8, 4) is 16.9 Å². The van der Waals surface area contributed by atoms with Crippen molar-refractivity contribution < 1.29 is 23.0 Å². The van der Waals surface area contributed by atoms with Gasteiger partial charge in [0.1, 0.15) is 5.75 Å². The highest BCUT2D eigenvalue weighted by molar-refractivity contribution is 5.71. The Bertz CT molecular complexity index is 847. The lowest BCUT2D eigenvalue weighted by atomic mass is 9.68. The molecule has 1 saturated heterocycles. The fraction of sp³-hybridized carbons (Fsp3) is 0.478. The van der Waals surface area contributed by atoms with Crippen LogP contribution in [0.4, 0.5) is 13.2 Å². The van der Waals surface area contributed by atoms with Crippen LogP contribution in [0, 0.1) is 0 Å². The fourth-order valence-electron chi connectivity index (χ4n) is 4.45. The topological polar surface area (TPSA) is 44.7 Å².